The molecule has 1 aromatic heterocycles. The molecular weight excluding hydrogens is 238 g/mol. The highest BCUT2D eigenvalue weighted by Gasteiger charge is 2.21. The molecular formula is C12H19NO3S. The normalized spacial score (nSPS) is 14.4. The van der Waals surface area contributed by atoms with E-state index in [0.717, 1.165) is 4.88 Å². The van der Waals surface area contributed by atoms with Crippen LogP contribution in [-0.2, 0) is 9.53 Å². The van der Waals surface area contributed by atoms with Crippen LogP contribution in [0.15, 0.2) is 17.5 Å². The van der Waals surface area contributed by atoms with Crippen molar-refractivity contribution in [3.63, 3.8) is 0 Å². The molecule has 0 aliphatic rings. The smallest absolute Gasteiger partial charge is 0.230 e. The zero-order valence-electron chi connectivity index (χ0n) is 10.4. The van der Waals surface area contributed by atoms with Gasteiger partial charge in [-0.1, -0.05) is 6.07 Å². The summed E-state index contributed by atoms with van der Waals surface area (Å²) >= 11 is 1.57. The maximum Gasteiger partial charge on any atom is 0.230 e. The van der Waals surface area contributed by atoms with Gasteiger partial charge >= 0.3 is 0 Å². The number of rotatable bonds is 6. The van der Waals surface area contributed by atoms with Crippen LogP contribution in [0.4, 0.5) is 0 Å². The van der Waals surface area contributed by atoms with Crippen LogP contribution in [0, 0.1) is 0 Å². The summed E-state index contributed by atoms with van der Waals surface area (Å²) in [4.78, 5) is 14.7. The predicted molar refractivity (Wildman–Crippen MR) is 68.3 cm³/mol. The SMILES string of the molecule is COC[C@@H](O)CN(C)C(=O)[C@@H](C)c1cccs1. The molecule has 2 atom stereocenters. The summed E-state index contributed by atoms with van der Waals surface area (Å²) in [6, 6.07) is 3.89. The first-order chi connectivity index (χ1) is 8.06. The number of hydrogen-bond acceptors (Lipinski definition) is 4. The quantitative estimate of drug-likeness (QED) is 0.836. The summed E-state index contributed by atoms with van der Waals surface area (Å²) in [5, 5.41) is 11.5. The van der Waals surface area contributed by atoms with Gasteiger partial charge in [0.05, 0.1) is 18.6 Å². The zero-order chi connectivity index (χ0) is 12.8. The highest BCUT2D eigenvalue weighted by molar-refractivity contribution is 7.10. The first-order valence-corrected chi connectivity index (χ1v) is 6.39. The minimum absolute atomic E-state index is 0.0163. The molecule has 0 aliphatic carbocycles. The van der Waals surface area contributed by atoms with Gasteiger partial charge in [0.15, 0.2) is 0 Å². The highest BCUT2D eigenvalue weighted by atomic mass is 32.1. The van der Waals surface area contributed by atoms with Crippen molar-refractivity contribution in [3.05, 3.63) is 22.4 Å². The Morgan fingerprint density at radius 1 is 1.65 bits per heavy atom. The second-order valence-electron chi connectivity index (χ2n) is 4.07. The lowest BCUT2D eigenvalue weighted by atomic mass is 10.1. The molecule has 0 unspecified atom stereocenters. The summed E-state index contributed by atoms with van der Waals surface area (Å²) in [5.41, 5.74) is 0. The van der Waals surface area contributed by atoms with Crippen molar-refractivity contribution in [2.75, 3.05) is 27.3 Å². The molecule has 1 aromatic rings. The van der Waals surface area contributed by atoms with E-state index in [4.69, 9.17) is 4.74 Å². The third-order valence-corrected chi connectivity index (χ3v) is 3.62. The van der Waals surface area contributed by atoms with Crippen molar-refractivity contribution in [2.24, 2.45) is 0 Å². The zero-order valence-corrected chi connectivity index (χ0v) is 11.2. The van der Waals surface area contributed by atoms with Crippen molar-refractivity contribution >= 4 is 17.2 Å². The molecule has 4 nitrogen and oxygen atoms in total. The maximum atomic E-state index is 12.1. The molecule has 1 heterocycles. The molecule has 96 valence electrons. The minimum atomic E-state index is -0.635. The van der Waals surface area contributed by atoms with Crippen molar-refractivity contribution in [2.45, 2.75) is 18.9 Å². The van der Waals surface area contributed by atoms with Gasteiger partial charge in [0, 0.05) is 25.6 Å². The molecule has 0 aliphatic heterocycles. The summed E-state index contributed by atoms with van der Waals surface area (Å²) < 4.78 is 4.83. The third-order valence-electron chi connectivity index (χ3n) is 2.56. The van der Waals surface area contributed by atoms with E-state index in [2.05, 4.69) is 0 Å². The van der Waals surface area contributed by atoms with Gasteiger partial charge in [-0.25, -0.2) is 0 Å². The predicted octanol–water partition coefficient (Wildman–Crippen LogP) is 1.32. The lowest BCUT2D eigenvalue weighted by Crippen LogP contribution is -2.38. The number of thiophene rings is 1. The Balaban J connectivity index is 2.52. The molecule has 1 amide bonds. The fourth-order valence-corrected chi connectivity index (χ4v) is 2.42. The molecule has 0 radical (unpaired) electrons. The Morgan fingerprint density at radius 3 is 2.88 bits per heavy atom. The van der Waals surface area contributed by atoms with Gasteiger partial charge in [0.25, 0.3) is 0 Å². The molecule has 0 spiro atoms. The van der Waals surface area contributed by atoms with Crippen LogP contribution < -0.4 is 0 Å². The van der Waals surface area contributed by atoms with E-state index in [0.29, 0.717) is 6.54 Å². The van der Waals surface area contributed by atoms with Gasteiger partial charge in [-0.15, -0.1) is 11.3 Å². The van der Waals surface area contributed by atoms with Crippen molar-refractivity contribution in [3.8, 4) is 0 Å². The summed E-state index contributed by atoms with van der Waals surface area (Å²) in [5.74, 6) is -0.141. The first kappa shape index (κ1) is 14.2. The maximum absolute atomic E-state index is 12.1. The van der Waals surface area contributed by atoms with E-state index in [1.54, 1.807) is 23.3 Å². The lowest BCUT2D eigenvalue weighted by molar-refractivity contribution is -0.132. The van der Waals surface area contributed by atoms with Crippen LogP contribution in [0.2, 0.25) is 0 Å². The standard InChI is InChI=1S/C12H19NO3S/c1-9(11-5-4-6-17-11)12(15)13(2)7-10(14)8-16-3/h4-6,9-10,14H,7-8H2,1-3H3/t9-,10-/m0/s1. The lowest BCUT2D eigenvalue weighted by Gasteiger charge is -2.23. The van der Waals surface area contributed by atoms with Gasteiger partial charge in [-0.2, -0.15) is 0 Å². The van der Waals surface area contributed by atoms with Crippen LogP contribution in [0.1, 0.15) is 17.7 Å². The van der Waals surface area contributed by atoms with Gasteiger partial charge in [0.2, 0.25) is 5.91 Å². The number of carbonyl (C=O) groups is 1. The van der Waals surface area contributed by atoms with Gasteiger partial charge < -0.3 is 14.7 Å². The third kappa shape index (κ3) is 4.11. The van der Waals surface area contributed by atoms with Crippen LogP contribution in [-0.4, -0.2) is 49.3 Å². The Labute approximate surface area is 106 Å². The largest absolute Gasteiger partial charge is 0.389 e. The second kappa shape index (κ2) is 6.74. The molecule has 1 rings (SSSR count). The van der Waals surface area contributed by atoms with E-state index in [9.17, 15) is 9.90 Å². The molecule has 0 bridgehead atoms. The summed E-state index contributed by atoms with van der Waals surface area (Å²) in [7, 11) is 3.23. The molecule has 0 aromatic carbocycles. The number of ether oxygens (including phenoxy) is 1. The number of carbonyl (C=O) groups excluding carboxylic acids is 1. The van der Waals surface area contributed by atoms with E-state index >= 15 is 0 Å². The van der Waals surface area contributed by atoms with E-state index in [-0.39, 0.29) is 18.4 Å². The van der Waals surface area contributed by atoms with E-state index in [1.807, 2.05) is 24.4 Å². The van der Waals surface area contributed by atoms with Crippen molar-refractivity contribution in [1.82, 2.24) is 4.90 Å². The van der Waals surface area contributed by atoms with Gasteiger partial charge in [0.1, 0.15) is 0 Å². The first-order valence-electron chi connectivity index (χ1n) is 5.51. The average Bonchev–Trinajstić information content (AvgIpc) is 2.80. The van der Waals surface area contributed by atoms with Crippen LogP contribution in [0.25, 0.3) is 0 Å². The number of methoxy groups -OCH3 is 1. The Morgan fingerprint density at radius 2 is 2.35 bits per heavy atom. The number of nitrogens with zero attached hydrogens (tertiary/aromatic N) is 1. The number of aliphatic hydroxyl groups excluding tert-OH is 1. The molecule has 0 fully saturated rings. The number of hydrogen-bond donors (Lipinski definition) is 1. The Bertz CT molecular complexity index is 340. The molecule has 17 heavy (non-hydrogen) atoms. The fourth-order valence-electron chi connectivity index (χ4n) is 1.64. The highest BCUT2D eigenvalue weighted by Crippen LogP contribution is 2.22. The monoisotopic (exact) mass is 257 g/mol. The van der Waals surface area contributed by atoms with Crippen LogP contribution in [0.3, 0.4) is 0 Å². The van der Waals surface area contributed by atoms with Gasteiger partial charge in [-0.05, 0) is 18.4 Å². The molecule has 1 N–H and O–H groups in total. The average molecular weight is 257 g/mol. The van der Waals surface area contributed by atoms with Crippen LogP contribution >= 0.6 is 11.3 Å². The van der Waals surface area contributed by atoms with Crippen LogP contribution in [0.5, 0.6) is 0 Å². The van der Waals surface area contributed by atoms with E-state index < -0.39 is 6.10 Å². The molecule has 0 saturated carbocycles. The summed E-state index contributed by atoms with van der Waals surface area (Å²) in [6.07, 6.45) is -0.635. The number of aliphatic hydroxyl groups is 1. The summed E-state index contributed by atoms with van der Waals surface area (Å²) in [6.45, 7) is 2.42. The topological polar surface area (TPSA) is 49.8 Å². The Kier molecular flexibility index (Phi) is 5.61. The van der Waals surface area contributed by atoms with E-state index in [1.165, 1.54) is 7.11 Å². The molecule has 0 saturated heterocycles. The minimum Gasteiger partial charge on any atom is -0.389 e. The fraction of sp³-hybridized carbons (Fsp3) is 0.583. The van der Waals surface area contributed by atoms with Crippen molar-refractivity contribution in [1.29, 1.82) is 0 Å². The second-order valence-corrected chi connectivity index (χ2v) is 5.04. The van der Waals surface area contributed by atoms with Crippen molar-refractivity contribution < 1.29 is 14.6 Å². The number of likely N-dealkylation sites (N-methyl/N-ethyl adjacent to an activating group) is 1. The van der Waals surface area contributed by atoms with Gasteiger partial charge in [-0.3, -0.25) is 4.79 Å². The molecule has 5 heteroatoms. The number of amides is 1. The Hall–Kier alpha value is -0.910.